The summed E-state index contributed by atoms with van der Waals surface area (Å²) in [6, 6.07) is 9.06. The van der Waals surface area contributed by atoms with Gasteiger partial charge in [0, 0.05) is 4.47 Å². The first-order valence-corrected chi connectivity index (χ1v) is 10.8. The van der Waals surface area contributed by atoms with Gasteiger partial charge in [-0.3, -0.25) is 4.79 Å². The second-order valence-corrected chi connectivity index (χ2v) is 8.93. The van der Waals surface area contributed by atoms with Crippen molar-refractivity contribution >= 4 is 72.4 Å². The Hall–Kier alpha value is -2.10. The fraction of sp³-hybridized carbons (Fsp3) is 0.150. The summed E-state index contributed by atoms with van der Waals surface area (Å²) in [6.45, 7) is 3.56. The molecular weight excluding hydrogens is 524 g/mol. The Labute approximate surface area is 188 Å². The molecule has 1 amide bonds. The van der Waals surface area contributed by atoms with Crippen molar-refractivity contribution in [3.8, 4) is 5.75 Å². The maximum Gasteiger partial charge on any atom is 0.341 e. The van der Waals surface area contributed by atoms with Crippen LogP contribution in [0.2, 0.25) is 0 Å². The molecule has 3 rings (SSSR count). The Morgan fingerprint density at radius 1 is 1.24 bits per heavy atom. The molecule has 150 valence electrons. The zero-order valence-corrected chi connectivity index (χ0v) is 19.4. The van der Waals surface area contributed by atoms with Crippen molar-refractivity contribution in [1.82, 2.24) is 5.32 Å². The summed E-state index contributed by atoms with van der Waals surface area (Å²) in [5.74, 6) is -0.854. The number of rotatable bonds is 5. The van der Waals surface area contributed by atoms with Crippen LogP contribution in [-0.2, 0) is 9.59 Å². The van der Waals surface area contributed by atoms with Crippen molar-refractivity contribution in [3.05, 3.63) is 60.9 Å². The number of benzene rings is 2. The average Bonchev–Trinajstić information content (AvgIpc) is 2.97. The molecule has 1 fully saturated rings. The third-order valence-electron chi connectivity index (χ3n) is 3.91. The molecule has 1 heterocycles. The molecule has 0 bridgehead atoms. The summed E-state index contributed by atoms with van der Waals surface area (Å²) in [6.07, 6.45) is 1.74. The van der Waals surface area contributed by atoms with Gasteiger partial charge in [0.2, 0.25) is 0 Å². The number of hydrogen-bond donors (Lipinski definition) is 2. The van der Waals surface area contributed by atoms with Gasteiger partial charge >= 0.3 is 5.97 Å². The Kier molecular flexibility index (Phi) is 6.81. The van der Waals surface area contributed by atoms with Crippen LogP contribution >= 0.6 is 43.6 Å². The van der Waals surface area contributed by atoms with Crippen molar-refractivity contribution in [2.75, 3.05) is 6.61 Å². The molecule has 1 saturated heterocycles. The van der Waals surface area contributed by atoms with Gasteiger partial charge in [-0.2, -0.15) is 0 Å². The minimum absolute atomic E-state index is 0.221. The number of amides is 1. The van der Waals surface area contributed by atoms with Crippen LogP contribution in [0.25, 0.3) is 6.08 Å². The summed E-state index contributed by atoms with van der Waals surface area (Å²) >= 11 is 8.15. The molecular formula is C20H16Br2N2O4S. The summed E-state index contributed by atoms with van der Waals surface area (Å²) in [5.41, 5.74) is 3.69. The van der Waals surface area contributed by atoms with E-state index in [1.165, 1.54) is 11.8 Å². The maximum atomic E-state index is 12.3. The Bertz CT molecular complexity index is 1040. The molecule has 0 aliphatic carbocycles. The summed E-state index contributed by atoms with van der Waals surface area (Å²) < 4.78 is 6.83. The van der Waals surface area contributed by atoms with Crippen LogP contribution in [0, 0.1) is 13.8 Å². The van der Waals surface area contributed by atoms with Gasteiger partial charge in [0.1, 0.15) is 5.75 Å². The average molecular weight is 540 g/mol. The van der Waals surface area contributed by atoms with E-state index in [0.29, 0.717) is 20.3 Å². The van der Waals surface area contributed by atoms with Crippen molar-refractivity contribution in [1.29, 1.82) is 0 Å². The molecule has 0 atom stereocenters. The number of carbonyl (C=O) groups excluding carboxylic acids is 1. The lowest BCUT2D eigenvalue weighted by Gasteiger charge is -2.06. The summed E-state index contributed by atoms with van der Waals surface area (Å²) in [7, 11) is 0. The second kappa shape index (κ2) is 9.15. The van der Waals surface area contributed by atoms with Crippen LogP contribution in [0.5, 0.6) is 5.75 Å². The quantitative estimate of drug-likeness (QED) is 0.511. The second-order valence-electron chi connectivity index (χ2n) is 6.25. The smallest absolute Gasteiger partial charge is 0.341 e. The number of thioether (sulfide) groups is 1. The molecule has 2 aromatic rings. The maximum absolute atomic E-state index is 12.3. The van der Waals surface area contributed by atoms with Gasteiger partial charge in [0.05, 0.1) is 15.1 Å². The number of aryl methyl sites for hydroxylation is 2. The SMILES string of the molecule is Cc1cc(N=C2NC(=O)/C(=C/c3ccc(OCC(=O)O)c(Br)c3)S2)cc(C)c1Br. The largest absolute Gasteiger partial charge is 0.481 e. The number of carbonyl (C=O) groups is 2. The number of nitrogens with zero attached hydrogens (tertiary/aromatic N) is 1. The molecule has 0 aromatic heterocycles. The number of halogens is 2. The van der Waals surface area contributed by atoms with E-state index < -0.39 is 12.6 Å². The Morgan fingerprint density at radius 2 is 1.93 bits per heavy atom. The lowest BCUT2D eigenvalue weighted by atomic mass is 10.1. The molecule has 2 aromatic carbocycles. The van der Waals surface area contributed by atoms with E-state index in [4.69, 9.17) is 9.84 Å². The highest BCUT2D eigenvalue weighted by molar-refractivity contribution is 9.10. The molecule has 0 radical (unpaired) electrons. The van der Waals surface area contributed by atoms with E-state index in [1.54, 1.807) is 24.3 Å². The third kappa shape index (κ3) is 5.49. The van der Waals surface area contributed by atoms with Crippen LogP contribution in [0.3, 0.4) is 0 Å². The molecule has 2 N–H and O–H groups in total. The van der Waals surface area contributed by atoms with Crippen LogP contribution < -0.4 is 10.1 Å². The zero-order chi connectivity index (χ0) is 21.1. The van der Waals surface area contributed by atoms with Crippen LogP contribution in [0.4, 0.5) is 5.69 Å². The summed E-state index contributed by atoms with van der Waals surface area (Å²) in [4.78, 5) is 28.0. The van der Waals surface area contributed by atoms with Crippen molar-refractivity contribution in [2.45, 2.75) is 13.8 Å². The molecule has 0 spiro atoms. The van der Waals surface area contributed by atoms with Gasteiger partial charge in [-0.25, -0.2) is 9.79 Å². The lowest BCUT2D eigenvalue weighted by Crippen LogP contribution is -2.19. The van der Waals surface area contributed by atoms with Gasteiger partial charge < -0.3 is 15.2 Å². The molecule has 9 heteroatoms. The molecule has 6 nitrogen and oxygen atoms in total. The molecule has 1 aliphatic heterocycles. The highest BCUT2D eigenvalue weighted by atomic mass is 79.9. The van der Waals surface area contributed by atoms with Crippen LogP contribution in [0.1, 0.15) is 16.7 Å². The first-order valence-electron chi connectivity index (χ1n) is 8.43. The standard InChI is InChI=1S/C20H16Br2N2O4S/c1-10-5-13(6-11(2)18(10)22)23-20-24-19(27)16(29-20)8-12-3-4-15(14(21)7-12)28-9-17(25)26/h3-8H,9H2,1-2H3,(H,25,26)(H,23,24,27)/b16-8-. The third-order valence-corrected chi connectivity index (χ3v) is 6.69. The van der Waals surface area contributed by atoms with Crippen LogP contribution in [0.15, 0.2) is 49.2 Å². The van der Waals surface area contributed by atoms with E-state index in [0.717, 1.165) is 26.9 Å². The van der Waals surface area contributed by atoms with Gasteiger partial charge in [-0.05, 0) is 88.6 Å². The fourth-order valence-corrected chi connectivity index (χ4v) is 4.18. The van der Waals surface area contributed by atoms with E-state index in [2.05, 4.69) is 42.2 Å². The number of carboxylic acid groups (broad SMARTS) is 1. The minimum atomic E-state index is -1.05. The predicted molar refractivity (Wildman–Crippen MR) is 122 cm³/mol. The van der Waals surface area contributed by atoms with Gasteiger partial charge in [0.25, 0.3) is 5.91 Å². The monoisotopic (exact) mass is 538 g/mol. The molecule has 0 unspecified atom stereocenters. The van der Waals surface area contributed by atoms with E-state index in [1.807, 2.05) is 26.0 Å². The highest BCUT2D eigenvalue weighted by Crippen LogP contribution is 2.32. The number of hydrogen-bond acceptors (Lipinski definition) is 5. The summed E-state index contributed by atoms with van der Waals surface area (Å²) in [5, 5.41) is 12.0. The predicted octanol–water partition coefficient (Wildman–Crippen LogP) is 5.18. The van der Waals surface area contributed by atoms with E-state index >= 15 is 0 Å². The molecule has 0 saturated carbocycles. The Balaban J connectivity index is 1.79. The number of ether oxygens (including phenoxy) is 1. The molecule has 1 aliphatic rings. The van der Waals surface area contributed by atoms with E-state index in [9.17, 15) is 9.59 Å². The van der Waals surface area contributed by atoms with Gasteiger partial charge in [-0.15, -0.1) is 0 Å². The zero-order valence-electron chi connectivity index (χ0n) is 15.5. The highest BCUT2D eigenvalue weighted by Gasteiger charge is 2.24. The lowest BCUT2D eigenvalue weighted by molar-refractivity contribution is -0.139. The number of aliphatic imine (C=N–C) groups is 1. The first kappa shape index (κ1) is 21.6. The van der Waals surface area contributed by atoms with Crippen molar-refractivity contribution in [2.24, 2.45) is 4.99 Å². The van der Waals surface area contributed by atoms with Gasteiger partial charge in [-0.1, -0.05) is 22.0 Å². The van der Waals surface area contributed by atoms with Gasteiger partial charge in [0.15, 0.2) is 11.8 Å². The first-order chi connectivity index (χ1) is 13.7. The Morgan fingerprint density at radius 3 is 2.55 bits per heavy atom. The molecule has 29 heavy (non-hydrogen) atoms. The van der Waals surface area contributed by atoms with E-state index in [-0.39, 0.29) is 5.91 Å². The fourth-order valence-electron chi connectivity index (χ4n) is 2.60. The number of carboxylic acids is 1. The topological polar surface area (TPSA) is 88.0 Å². The number of aliphatic carboxylic acids is 1. The minimum Gasteiger partial charge on any atom is -0.481 e. The van der Waals surface area contributed by atoms with Crippen molar-refractivity contribution < 1.29 is 19.4 Å². The number of nitrogens with one attached hydrogen (secondary N) is 1. The van der Waals surface area contributed by atoms with Crippen molar-refractivity contribution in [3.63, 3.8) is 0 Å². The normalized spacial score (nSPS) is 16.3. The van der Waals surface area contributed by atoms with Crippen LogP contribution in [-0.4, -0.2) is 28.8 Å². The number of amidine groups is 1.